The van der Waals surface area contributed by atoms with Crippen LogP contribution in [0.4, 0.5) is 0 Å². The fraction of sp³-hybridized carbons (Fsp3) is 0.789. The van der Waals surface area contributed by atoms with Crippen molar-refractivity contribution in [2.75, 3.05) is 0 Å². The number of rotatable bonds is 2. The van der Waals surface area contributed by atoms with E-state index in [2.05, 4.69) is 19.0 Å². The van der Waals surface area contributed by atoms with Gasteiger partial charge in [0, 0.05) is 31.6 Å². The molecule has 4 rings (SSSR count). The number of hydrogen-bond donors (Lipinski definition) is 0. The number of nitrogens with zero attached hydrogens (tertiary/aromatic N) is 1. The summed E-state index contributed by atoms with van der Waals surface area (Å²) in [4.78, 5) is 40.6. The second kappa shape index (κ2) is 5.64. The van der Waals surface area contributed by atoms with Crippen molar-refractivity contribution < 1.29 is 24.0 Å². The van der Waals surface area contributed by atoms with Crippen molar-refractivity contribution in [3.8, 4) is 0 Å². The van der Waals surface area contributed by atoms with Crippen LogP contribution in [0.1, 0.15) is 54.4 Å². The van der Waals surface area contributed by atoms with E-state index in [-0.39, 0.29) is 23.0 Å². The van der Waals surface area contributed by atoms with Gasteiger partial charge in [-0.15, -0.1) is 0 Å². The first-order valence-electron chi connectivity index (χ1n) is 8.94. The van der Waals surface area contributed by atoms with Gasteiger partial charge in [0.2, 0.25) is 0 Å². The maximum absolute atomic E-state index is 12.9. The third-order valence-electron chi connectivity index (χ3n) is 6.68. The van der Waals surface area contributed by atoms with E-state index in [9.17, 15) is 14.4 Å². The molecule has 0 unspecified atom stereocenters. The zero-order valence-corrected chi connectivity index (χ0v) is 15.8. The first-order chi connectivity index (χ1) is 11.5. The van der Waals surface area contributed by atoms with Crippen LogP contribution in [-0.4, -0.2) is 29.5 Å². The minimum absolute atomic E-state index is 0.0152. The van der Waals surface area contributed by atoms with Crippen molar-refractivity contribution in [2.24, 2.45) is 39.7 Å². The Bertz CT molecular complexity index is 667. The molecular formula is C19H27NO5. The molecule has 4 fully saturated rings. The standard InChI is InChI=1S/C19H27NO5/c1-9-7-12(20-25-11(3)22)15-16-14(9)19(15,6)8-13(23)17(18(16,4)5)24-10(2)21/h9,14-17H,7-8H2,1-6H3/b20-12+/t9-,14+,15-,16+,17-,19-/m1/s1. The fourth-order valence-corrected chi connectivity index (χ4v) is 6.07. The lowest BCUT2D eigenvalue weighted by Gasteiger charge is -2.68. The quantitative estimate of drug-likeness (QED) is 0.435. The molecule has 6 heteroatoms. The summed E-state index contributed by atoms with van der Waals surface area (Å²) in [5, 5.41) is 4.15. The Labute approximate surface area is 148 Å². The fourth-order valence-electron chi connectivity index (χ4n) is 6.07. The number of ketones is 1. The van der Waals surface area contributed by atoms with E-state index in [1.807, 2.05) is 13.8 Å². The van der Waals surface area contributed by atoms with Gasteiger partial charge in [-0.3, -0.25) is 9.59 Å². The summed E-state index contributed by atoms with van der Waals surface area (Å²) < 4.78 is 5.46. The van der Waals surface area contributed by atoms with Crippen LogP contribution in [0.2, 0.25) is 0 Å². The van der Waals surface area contributed by atoms with E-state index in [1.165, 1.54) is 13.8 Å². The Morgan fingerprint density at radius 2 is 1.76 bits per heavy atom. The minimum Gasteiger partial charge on any atom is -0.454 e. The van der Waals surface area contributed by atoms with Gasteiger partial charge in [-0.05, 0) is 29.6 Å². The molecule has 0 saturated heterocycles. The molecule has 6 nitrogen and oxygen atoms in total. The van der Waals surface area contributed by atoms with Gasteiger partial charge in [-0.25, -0.2) is 4.79 Å². The normalized spacial score (nSPS) is 43.0. The number of Topliss-reactive ketones (excluding diaryl/α,β-unsaturated/α-hetero) is 1. The Hall–Kier alpha value is -1.72. The van der Waals surface area contributed by atoms with E-state index in [4.69, 9.17) is 9.57 Å². The third-order valence-corrected chi connectivity index (χ3v) is 6.68. The SMILES string of the molecule is CC(=O)O/N=C1\C[C@@H](C)[C@H]2[C@H]3[C@@H]1[C@]2(C)CC(=O)[C@@H](OC(C)=O)C3(C)C. The number of ether oxygens (including phenoxy) is 1. The van der Waals surface area contributed by atoms with Crippen LogP contribution in [0.15, 0.2) is 5.16 Å². The molecule has 0 amide bonds. The van der Waals surface area contributed by atoms with Gasteiger partial charge in [-0.2, -0.15) is 0 Å². The number of oxime groups is 1. The average Bonchev–Trinajstić information content (AvgIpc) is 2.57. The second-order valence-corrected chi connectivity index (χ2v) is 8.84. The third kappa shape index (κ3) is 2.52. The maximum Gasteiger partial charge on any atom is 0.331 e. The van der Waals surface area contributed by atoms with Crippen molar-refractivity contribution in [1.29, 1.82) is 0 Å². The van der Waals surface area contributed by atoms with Gasteiger partial charge in [0.05, 0.1) is 5.71 Å². The summed E-state index contributed by atoms with van der Waals surface area (Å²) in [5.74, 6) is 0.0637. The smallest absolute Gasteiger partial charge is 0.331 e. The van der Waals surface area contributed by atoms with Crippen molar-refractivity contribution in [1.82, 2.24) is 0 Å². The van der Waals surface area contributed by atoms with Crippen LogP contribution in [-0.2, 0) is 24.0 Å². The number of esters is 1. The highest BCUT2D eigenvalue weighted by Crippen LogP contribution is 2.72. The lowest BCUT2D eigenvalue weighted by molar-refractivity contribution is -0.182. The highest BCUT2D eigenvalue weighted by atomic mass is 16.7. The molecule has 0 spiro atoms. The van der Waals surface area contributed by atoms with Crippen molar-refractivity contribution in [3.05, 3.63) is 0 Å². The Balaban J connectivity index is 2.05. The lowest BCUT2D eigenvalue weighted by Crippen LogP contribution is -2.67. The number of hydrogen-bond acceptors (Lipinski definition) is 6. The molecule has 0 N–H and O–H groups in total. The van der Waals surface area contributed by atoms with Gasteiger partial charge in [0.15, 0.2) is 11.9 Å². The number of carbonyl (C=O) groups excluding carboxylic acids is 3. The molecule has 4 aliphatic rings. The predicted octanol–water partition coefficient (Wildman–Crippen LogP) is 2.74. The highest BCUT2D eigenvalue weighted by Gasteiger charge is 2.73. The van der Waals surface area contributed by atoms with E-state index < -0.39 is 23.5 Å². The van der Waals surface area contributed by atoms with E-state index in [1.54, 1.807) is 0 Å². The summed E-state index contributed by atoms with van der Waals surface area (Å²) in [6.45, 7) is 11.0. The van der Waals surface area contributed by atoms with Crippen molar-refractivity contribution >= 4 is 23.4 Å². The van der Waals surface area contributed by atoms with Crippen LogP contribution >= 0.6 is 0 Å². The molecule has 0 aliphatic heterocycles. The molecule has 4 bridgehead atoms. The Kier molecular flexibility index (Phi) is 4.08. The topological polar surface area (TPSA) is 82.0 Å². The second-order valence-electron chi connectivity index (χ2n) is 8.84. The maximum atomic E-state index is 12.9. The molecular weight excluding hydrogens is 322 g/mol. The van der Waals surface area contributed by atoms with Gasteiger partial charge in [0.1, 0.15) is 0 Å². The average molecular weight is 349 g/mol. The summed E-state index contributed by atoms with van der Waals surface area (Å²) in [7, 11) is 0. The van der Waals surface area contributed by atoms with Crippen LogP contribution in [0.3, 0.4) is 0 Å². The molecule has 0 heterocycles. The lowest BCUT2D eigenvalue weighted by atomic mass is 9.35. The molecule has 138 valence electrons. The molecule has 0 aromatic rings. The molecule has 6 atom stereocenters. The predicted molar refractivity (Wildman–Crippen MR) is 90.5 cm³/mol. The van der Waals surface area contributed by atoms with Gasteiger partial charge in [-0.1, -0.05) is 32.9 Å². The molecule has 25 heavy (non-hydrogen) atoms. The molecule has 0 radical (unpaired) electrons. The summed E-state index contributed by atoms with van der Waals surface area (Å²) in [6, 6.07) is 0. The van der Waals surface area contributed by atoms with Gasteiger partial charge < -0.3 is 9.57 Å². The van der Waals surface area contributed by atoms with Crippen molar-refractivity contribution in [3.63, 3.8) is 0 Å². The zero-order valence-electron chi connectivity index (χ0n) is 15.8. The Morgan fingerprint density at radius 1 is 1.12 bits per heavy atom. The minimum atomic E-state index is -0.732. The van der Waals surface area contributed by atoms with Crippen LogP contribution in [0.25, 0.3) is 0 Å². The van der Waals surface area contributed by atoms with Gasteiger partial charge >= 0.3 is 11.9 Å². The van der Waals surface area contributed by atoms with E-state index in [0.29, 0.717) is 18.3 Å². The molecule has 4 saturated carbocycles. The zero-order chi connectivity index (χ0) is 18.7. The monoisotopic (exact) mass is 349 g/mol. The van der Waals surface area contributed by atoms with Crippen LogP contribution < -0.4 is 0 Å². The highest BCUT2D eigenvalue weighted by molar-refractivity contribution is 5.95. The summed E-state index contributed by atoms with van der Waals surface area (Å²) >= 11 is 0. The summed E-state index contributed by atoms with van der Waals surface area (Å²) in [5.41, 5.74) is 0.159. The molecule has 0 aromatic carbocycles. The Morgan fingerprint density at radius 3 is 2.32 bits per heavy atom. The number of fused-ring (bicyclic) bond motifs is 2. The van der Waals surface area contributed by atoms with Crippen molar-refractivity contribution in [2.45, 2.75) is 60.5 Å². The first-order valence-corrected chi connectivity index (χ1v) is 8.94. The van der Waals surface area contributed by atoms with Gasteiger partial charge in [0.25, 0.3) is 0 Å². The summed E-state index contributed by atoms with van der Waals surface area (Å²) in [6.07, 6.45) is 0.408. The molecule has 4 aliphatic carbocycles. The van der Waals surface area contributed by atoms with E-state index >= 15 is 0 Å². The van der Waals surface area contributed by atoms with E-state index in [0.717, 1.165) is 12.1 Å². The largest absolute Gasteiger partial charge is 0.454 e. The van der Waals surface area contributed by atoms with Crippen LogP contribution in [0.5, 0.6) is 0 Å². The number of carbonyl (C=O) groups is 3. The molecule has 0 aromatic heterocycles. The first kappa shape index (κ1) is 18.1. The van der Waals surface area contributed by atoms with Crippen LogP contribution in [0, 0.1) is 34.5 Å².